The summed E-state index contributed by atoms with van der Waals surface area (Å²) in [6.45, 7) is 8.36. The number of rotatable bonds is 4. The molecule has 1 rings (SSSR count). The maximum Gasteiger partial charge on any atom is 0.408 e. The first-order valence-electron chi connectivity index (χ1n) is 7.04. The highest BCUT2D eigenvalue weighted by Crippen LogP contribution is 2.17. The fourth-order valence-electron chi connectivity index (χ4n) is 1.62. The van der Waals surface area contributed by atoms with Gasteiger partial charge < -0.3 is 14.8 Å². The van der Waals surface area contributed by atoms with Crippen LogP contribution in [0.2, 0.25) is 0 Å². The van der Waals surface area contributed by atoms with Gasteiger partial charge in [0.25, 0.3) is 0 Å². The molecule has 1 aromatic rings. The number of carbonyl (C=O) groups is 2. The average Bonchev–Trinajstić information content (AvgIpc) is 2.36. The molecule has 0 radical (unpaired) electrons. The lowest BCUT2D eigenvalue weighted by molar-refractivity contribution is -0.150. The zero-order valence-electron chi connectivity index (χ0n) is 13.5. The van der Waals surface area contributed by atoms with Crippen molar-refractivity contribution in [1.29, 1.82) is 0 Å². The molecular weight excluding hydrogens is 289 g/mol. The van der Waals surface area contributed by atoms with Crippen LogP contribution in [-0.2, 0) is 14.3 Å². The molecular formula is C16H22FNO4. The third-order valence-electron chi connectivity index (χ3n) is 2.72. The van der Waals surface area contributed by atoms with Crippen LogP contribution in [0.3, 0.4) is 0 Å². The summed E-state index contributed by atoms with van der Waals surface area (Å²) in [5, 5.41) is 2.41. The summed E-state index contributed by atoms with van der Waals surface area (Å²) in [6.07, 6.45) is -1.23. The Balaban J connectivity index is 2.53. The van der Waals surface area contributed by atoms with E-state index < -0.39 is 29.8 Å². The van der Waals surface area contributed by atoms with Crippen LogP contribution >= 0.6 is 0 Å². The largest absolute Gasteiger partial charge is 0.456 e. The van der Waals surface area contributed by atoms with Crippen LogP contribution in [0.15, 0.2) is 24.3 Å². The van der Waals surface area contributed by atoms with Crippen LogP contribution < -0.4 is 5.32 Å². The lowest BCUT2D eigenvalue weighted by atomic mass is 10.1. The van der Waals surface area contributed by atoms with Crippen molar-refractivity contribution in [2.75, 3.05) is 0 Å². The van der Waals surface area contributed by atoms with Gasteiger partial charge in [0.1, 0.15) is 23.6 Å². The SMILES string of the molecule is CC(NC(=O)OC(C)(C)C)C(=O)OC(C)c1ccc(F)cc1. The Hall–Kier alpha value is -2.11. The molecule has 22 heavy (non-hydrogen) atoms. The van der Waals surface area contributed by atoms with E-state index in [1.54, 1.807) is 39.8 Å². The third-order valence-corrected chi connectivity index (χ3v) is 2.72. The van der Waals surface area contributed by atoms with Gasteiger partial charge >= 0.3 is 12.1 Å². The van der Waals surface area contributed by atoms with E-state index in [1.807, 2.05) is 0 Å². The molecule has 0 aliphatic heterocycles. The first-order valence-corrected chi connectivity index (χ1v) is 7.04. The lowest BCUT2D eigenvalue weighted by Crippen LogP contribution is -2.42. The summed E-state index contributed by atoms with van der Waals surface area (Å²) < 4.78 is 23.1. The Morgan fingerprint density at radius 3 is 2.18 bits per heavy atom. The maximum atomic E-state index is 12.9. The molecule has 2 atom stereocenters. The highest BCUT2D eigenvalue weighted by Gasteiger charge is 2.23. The van der Waals surface area contributed by atoms with Crippen LogP contribution in [0, 0.1) is 5.82 Å². The summed E-state index contributed by atoms with van der Waals surface area (Å²) in [4.78, 5) is 23.5. The molecule has 1 N–H and O–H groups in total. The minimum Gasteiger partial charge on any atom is -0.456 e. The molecule has 0 heterocycles. The summed E-state index contributed by atoms with van der Waals surface area (Å²) in [5.74, 6) is -0.954. The normalized spacial score (nSPS) is 13.9. The van der Waals surface area contributed by atoms with Crippen LogP contribution in [0.1, 0.15) is 46.3 Å². The highest BCUT2D eigenvalue weighted by molar-refractivity contribution is 5.81. The zero-order chi connectivity index (χ0) is 16.9. The van der Waals surface area contributed by atoms with Crippen molar-refractivity contribution in [3.8, 4) is 0 Å². The van der Waals surface area contributed by atoms with E-state index in [4.69, 9.17) is 9.47 Å². The van der Waals surface area contributed by atoms with E-state index in [0.29, 0.717) is 5.56 Å². The molecule has 0 fully saturated rings. The first-order chi connectivity index (χ1) is 10.1. The second-order valence-electron chi connectivity index (χ2n) is 6.00. The maximum absolute atomic E-state index is 12.9. The number of hydrogen-bond donors (Lipinski definition) is 1. The van der Waals surface area contributed by atoms with E-state index in [1.165, 1.54) is 19.1 Å². The highest BCUT2D eigenvalue weighted by atomic mass is 19.1. The van der Waals surface area contributed by atoms with Crippen molar-refractivity contribution in [2.45, 2.75) is 52.4 Å². The number of carbonyl (C=O) groups excluding carboxylic acids is 2. The number of amides is 1. The Morgan fingerprint density at radius 1 is 1.14 bits per heavy atom. The Morgan fingerprint density at radius 2 is 1.68 bits per heavy atom. The lowest BCUT2D eigenvalue weighted by Gasteiger charge is -2.22. The number of ether oxygens (including phenoxy) is 2. The topological polar surface area (TPSA) is 64.6 Å². The zero-order valence-corrected chi connectivity index (χ0v) is 13.5. The molecule has 0 bridgehead atoms. The molecule has 0 aliphatic rings. The molecule has 0 saturated heterocycles. The van der Waals surface area contributed by atoms with Gasteiger partial charge in [-0.25, -0.2) is 14.0 Å². The Labute approximate surface area is 129 Å². The van der Waals surface area contributed by atoms with Gasteiger partial charge in [0.05, 0.1) is 0 Å². The van der Waals surface area contributed by atoms with E-state index >= 15 is 0 Å². The molecule has 2 unspecified atom stereocenters. The number of hydrogen-bond acceptors (Lipinski definition) is 4. The van der Waals surface area contributed by atoms with Crippen LogP contribution in [0.25, 0.3) is 0 Å². The fraction of sp³-hybridized carbons (Fsp3) is 0.500. The molecule has 122 valence electrons. The van der Waals surface area contributed by atoms with Crippen molar-refractivity contribution < 1.29 is 23.5 Å². The molecule has 0 aliphatic carbocycles. The number of esters is 1. The van der Waals surface area contributed by atoms with Gasteiger partial charge in [-0.05, 0) is 52.3 Å². The number of nitrogens with one attached hydrogen (secondary N) is 1. The van der Waals surface area contributed by atoms with Gasteiger partial charge in [-0.3, -0.25) is 0 Å². The predicted octanol–water partition coefficient (Wildman–Crippen LogP) is 3.34. The van der Waals surface area contributed by atoms with E-state index in [-0.39, 0.29) is 5.82 Å². The number of halogens is 1. The summed E-state index contributed by atoms with van der Waals surface area (Å²) >= 11 is 0. The standard InChI is InChI=1S/C16H22FNO4/c1-10(18-15(20)22-16(3,4)5)14(19)21-11(2)12-6-8-13(17)9-7-12/h6-11H,1-5H3,(H,18,20). The molecule has 0 spiro atoms. The van der Waals surface area contributed by atoms with Crippen molar-refractivity contribution in [1.82, 2.24) is 5.32 Å². The summed E-state index contributed by atoms with van der Waals surface area (Å²) in [5.41, 5.74) is 0.0222. The molecule has 6 heteroatoms. The quantitative estimate of drug-likeness (QED) is 0.866. The third kappa shape index (κ3) is 6.11. The second-order valence-corrected chi connectivity index (χ2v) is 6.00. The first kappa shape index (κ1) is 17.9. The van der Waals surface area contributed by atoms with Gasteiger partial charge in [-0.1, -0.05) is 12.1 Å². The van der Waals surface area contributed by atoms with Gasteiger partial charge in [0.2, 0.25) is 0 Å². The monoisotopic (exact) mass is 311 g/mol. The summed E-state index contributed by atoms with van der Waals surface area (Å²) in [6, 6.07) is 4.82. The number of benzene rings is 1. The van der Waals surface area contributed by atoms with E-state index in [9.17, 15) is 14.0 Å². The predicted molar refractivity (Wildman–Crippen MR) is 79.7 cm³/mol. The van der Waals surface area contributed by atoms with Gasteiger partial charge in [-0.15, -0.1) is 0 Å². The second kappa shape index (κ2) is 7.24. The molecule has 0 saturated carbocycles. The smallest absolute Gasteiger partial charge is 0.408 e. The van der Waals surface area contributed by atoms with Gasteiger partial charge in [0.15, 0.2) is 0 Å². The van der Waals surface area contributed by atoms with Crippen LogP contribution in [0.4, 0.5) is 9.18 Å². The van der Waals surface area contributed by atoms with Crippen molar-refractivity contribution in [2.24, 2.45) is 0 Å². The van der Waals surface area contributed by atoms with Crippen LogP contribution in [0.5, 0.6) is 0 Å². The van der Waals surface area contributed by atoms with E-state index in [0.717, 1.165) is 0 Å². The van der Waals surface area contributed by atoms with Crippen molar-refractivity contribution >= 4 is 12.1 Å². The fourth-order valence-corrected chi connectivity index (χ4v) is 1.62. The minimum absolute atomic E-state index is 0.359. The van der Waals surface area contributed by atoms with Crippen LogP contribution in [-0.4, -0.2) is 23.7 Å². The van der Waals surface area contributed by atoms with Gasteiger partial charge in [-0.2, -0.15) is 0 Å². The average molecular weight is 311 g/mol. The summed E-state index contributed by atoms with van der Waals surface area (Å²) in [7, 11) is 0. The Bertz CT molecular complexity index is 522. The van der Waals surface area contributed by atoms with Gasteiger partial charge in [0, 0.05) is 0 Å². The molecule has 1 amide bonds. The molecule has 1 aromatic carbocycles. The number of alkyl carbamates (subject to hydrolysis) is 1. The van der Waals surface area contributed by atoms with Crippen molar-refractivity contribution in [3.63, 3.8) is 0 Å². The molecule has 5 nitrogen and oxygen atoms in total. The van der Waals surface area contributed by atoms with Crippen molar-refractivity contribution in [3.05, 3.63) is 35.6 Å². The minimum atomic E-state index is -0.849. The Kier molecular flexibility index (Phi) is 5.91. The molecule has 0 aromatic heterocycles. The van der Waals surface area contributed by atoms with E-state index in [2.05, 4.69) is 5.32 Å².